The van der Waals surface area contributed by atoms with Crippen LogP contribution in [0.4, 0.5) is 18.9 Å². The maximum absolute atomic E-state index is 12.9. The summed E-state index contributed by atoms with van der Waals surface area (Å²) in [5, 5.41) is 0. The number of pyridine rings is 1. The number of hydrogen-bond acceptors (Lipinski definition) is 5. The van der Waals surface area contributed by atoms with Gasteiger partial charge in [-0.3, -0.25) is 4.98 Å². The first-order valence-electron chi connectivity index (χ1n) is 10.8. The van der Waals surface area contributed by atoms with Gasteiger partial charge < -0.3 is 9.64 Å². The van der Waals surface area contributed by atoms with Crippen molar-refractivity contribution in [2.75, 3.05) is 25.1 Å². The molecule has 182 valence electrons. The molecule has 0 unspecified atom stereocenters. The molecule has 0 atom stereocenters. The largest absolute Gasteiger partial charge is 0.496 e. The third-order valence-corrected chi connectivity index (χ3v) is 6.51. The molecule has 0 saturated carbocycles. The van der Waals surface area contributed by atoms with Crippen LogP contribution in [0.5, 0.6) is 5.75 Å². The van der Waals surface area contributed by atoms with Gasteiger partial charge in [-0.2, -0.15) is 13.2 Å². The van der Waals surface area contributed by atoms with Crippen molar-refractivity contribution in [1.29, 1.82) is 0 Å². The SMILES string of the molecule is CCc1ccccc1.COc1cccc2c1CN(SC(F)(F)F)CCN2Cc1cc(Br)ccn1. The monoisotopic (exact) mass is 553 g/mol. The van der Waals surface area contributed by atoms with Gasteiger partial charge in [-0.1, -0.05) is 59.3 Å². The number of rotatable bonds is 5. The van der Waals surface area contributed by atoms with Crippen LogP contribution in [0, 0.1) is 0 Å². The van der Waals surface area contributed by atoms with Crippen LogP contribution in [0.3, 0.4) is 0 Å². The minimum absolute atomic E-state index is 0.0874. The Morgan fingerprint density at radius 2 is 1.82 bits per heavy atom. The van der Waals surface area contributed by atoms with E-state index in [1.807, 2.05) is 35.2 Å². The summed E-state index contributed by atoms with van der Waals surface area (Å²) in [5.74, 6) is 0.587. The fourth-order valence-corrected chi connectivity index (χ4v) is 4.68. The number of benzene rings is 2. The van der Waals surface area contributed by atoms with Gasteiger partial charge in [-0.15, -0.1) is 0 Å². The van der Waals surface area contributed by atoms with Crippen molar-refractivity contribution in [1.82, 2.24) is 9.29 Å². The fourth-order valence-electron chi connectivity index (χ4n) is 3.64. The Labute approximate surface area is 211 Å². The molecule has 0 aliphatic carbocycles. The number of alkyl halides is 3. The molecule has 0 bridgehead atoms. The van der Waals surface area contributed by atoms with Gasteiger partial charge in [0, 0.05) is 53.5 Å². The van der Waals surface area contributed by atoms with E-state index in [9.17, 15) is 13.2 Å². The maximum atomic E-state index is 12.9. The van der Waals surface area contributed by atoms with Crippen LogP contribution >= 0.6 is 27.9 Å². The number of hydrogen-bond donors (Lipinski definition) is 0. The van der Waals surface area contributed by atoms with E-state index in [1.54, 1.807) is 12.3 Å². The molecule has 3 aromatic rings. The van der Waals surface area contributed by atoms with Crippen molar-refractivity contribution in [3.63, 3.8) is 0 Å². The van der Waals surface area contributed by atoms with Crippen LogP contribution in [0.25, 0.3) is 0 Å². The van der Waals surface area contributed by atoms with Gasteiger partial charge in [-0.05, 0) is 36.2 Å². The molecule has 34 heavy (non-hydrogen) atoms. The lowest BCUT2D eigenvalue weighted by Crippen LogP contribution is -2.30. The molecule has 0 saturated heterocycles. The third kappa shape index (κ3) is 7.92. The Hall–Kier alpha value is -2.23. The smallest absolute Gasteiger partial charge is 0.456 e. The molecule has 0 fully saturated rings. The van der Waals surface area contributed by atoms with E-state index in [1.165, 1.54) is 17.0 Å². The molecule has 4 nitrogen and oxygen atoms in total. The van der Waals surface area contributed by atoms with E-state index < -0.39 is 5.51 Å². The topological polar surface area (TPSA) is 28.6 Å². The normalized spacial score (nSPS) is 14.0. The third-order valence-electron chi connectivity index (χ3n) is 5.24. The van der Waals surface area contributed by atoms with Crippen molar-refractivity contribution < 1.29 is 17.9 Å². The summed E-state index contributed by atoms with van der Waals surface area (Å²) in [4.78, 5) is 6.40. The van der Waals surface area contributed by atoms with Crippen LogP contribution in [0.15, 0.2) is 71.3 Å². The van der Waals surface area contributed by atoms with E-state index in [2.05, 4.69) is 52.1 Å². The molecule has 1 aliphatic heterocycles. The molecule has 2 aromatic carbocycles. The molecule has 0 N–H and O–H groups in total. The number of halogens is 4. The first-order valence-corrected chi connectivity index (χ1v) is 12.4. The van der Waals surface area contributed by atoms with Gasteiger partial charge >= 0.3 is 5.51 Å². The first-order chi connectivity index (χ1) is 16.3. The summed E-state index contributed by atoms with van der Waals surface area (Å²) in [6, 6.07) is 19.7. The molecule has 2 heterocycles. The molecule has 0 amide bonds. The van der Waals surface area contributed by atoms with Gasteiger partial charge in [-0.25, -0.2) is 4.31 Å². The van der Waals surface area contributed by atoms with E-state index in [4.69, 9.17) is 4.74 Å². The second-order valence-electron chi connectivity index (χ2n) is 7.58. The lowest BCUT2D eigenvalue weighted by Gasteiger charge is -2.25. The van der Waals surface area contributed by atoms with Gasteiger partial charge in [0.15, 0.2) is 0 Å². The maximum Gasteiger partial charge on any atom is 0.456 e. The molecular weight excluding hydrogens is 527 g/mol. The molecule has 1 aliphatic rings. The molecule has 4 rings (SSSR count). The van der Waals surface area contributed by atoms with Crippen LogP contribution in [-0.2, 0) is 19.5 Å². The number of methoxy groups -OCH3 is 1. The van der Waals surface area contributed by atoms with Crippen LogP contribution < -0.4 is 9.64 Å². The number of aryl methyl sites for hydroxylation is 1. The Morgan fingerprint density at radius 1 is 1.06 bits per heavy atom. The predicted octanol–water partition coefficient (Wildman–Crippen LogP) is 7.09. The second kappa shape index (κ2) is 12.5. The Bertz CT molecular complexity index is 1050. The van der Waals surface area contributed by atoms with Gasteiger partial charge in [0.05, 0.1) is 19.3 Å². The van der Waals surface area contributed by atoms with E-state index in [0.717, 1.165) is 27.8 Å². The second-order valence-corrected chi connectivity index (χ2v) is 9.66. The summed E-state index contributed by atoms with van der Waals surface area (Å²) in [7, 11) is 1.53. The minimum Gasteiger partial charge on any atom is -0.496 e. The van der Waals surface area contributed by atoms with Gasteiger partial charge in [0.2, 0.25) is 0 Å². The fraction of sp³-hybridized carbons (Fsp3) is 0.320. The highest BCUT2D eigenvalue weighted by molar-refractivity contribution is 9.10. The average molecular weight is 554 g/mol. The van der Waals surface area contributed by atoms with Crippen LogP contribution in [-0.4, -0.2) is 35.0 Å². The van der Waals surface area contributed by atoms with Crippen molar-refractivity contribution in [3.8, 4) is 5.75 Å². The summed E-state index contributed by atoms with van der Waals surface area (Å²) >= 11 is 3.34. The summed E-state index contributed by atoms with van der Waals surface area (Å²) < 4.78 is 46.3. The van der Waals surface area contributed by atoms with Gasteiger partial charge in [0.25, 0.3) is 0 Å². The quantitative estimate of drug-likeness (QED) is 0.314. The number of ether oxygens (including phenoxy) is 1. The Balaban J connectivity index is 0.000000343. The Morgan fingerprint density at radius 3 is 2.44 bits per heavy atom. The van der Waals surface area contributed by atoms with Crippen molar-refractivity contribution in [3.05, 3.63) is 88.2 Å². The lowest BCUT2D eigenvalue weighted by atomic mass is 10.1. The predicted molar refractivity (Wildman–Crippen MR) is 136 cm³/mol. The molecule has 0 spiro atoms. The van der Waals surface area contributed by atoms with E-state index >= 15 is 0 Å². The van der Waals surface area contributed by atoms with Crippen LogP contribution in [0.2, 0.25) is 0 Å². The average Bonchev–Trinajstić information content (AvgIpc) is 2.98. The minimum atomic E-state index is -4.32. The zero-order valence-electron chi connectivity index (χ0n) is 19.1. The molecule has 9 heteroatoms. The van der Waals surface area contributed by atoms with Crippen molar-refractivity contribution >= 4 is 33.6 Å². The van der Waals surface area contributed by atoms with Gasteiger partial charge in [0.1, 0.15) is 5.75 Å². The molecule has 1 aromatic heterocycles. The standard InChI is InChI=1S/C17H17BrF3N3OS.C8H10/c1-25-16-4-2-3-15-14(16)11-24(26-17(19,20)21)8-7-23(15)10-13-9-12(18)5-6-22-13;1-2-8-6-4-3-5-7-8/h2-6,9H,7-8,10-11H2,1H3;3-7H,2H2,1H3. The summed E-state index contributed by atoms with van der Waals surface area (Å²) in [6.45, 7) is 3.55. The zero-order valence-corrected chi connectivity index (χ0v) is 21.5. The van der Waals surface area contributed by atoms with E-state index in [-0.39, 0.29) is 25.0 Å². The summed E-state index contributed by atoms with van der Waals surface area (Å²) in [6.07, 6.45) is 2.84. The highest BCUT2D eigenvalue weighted by Gasteiger charge is 2.34. The van der Waals surface area contributed by atoms with E-state index in [0.29, 0.717) is 18.8 Å². The highest BCUT2D eigenvalue weighted by Crippen LogP contribution is 2.39. The first kappa shape index (κ1) is 26.4. The van der Waals surface area contributed by atoms with Crippen LogP contribution in [0.1, 0.15) is 23.7 Å². The van der Waals surface area contributed by atoms with Crippen molar-refractivity contribution in [2.24, 2.45) is 0 Å². The lowest BCUT2D eigenvalue weighted by molar-refractivity contribution is -0.0363. The molecular formula is C25H27BrF3N3OS. The van der Waals surface area contributed by atoms with Crippen molar-refractivity contribution in [2.45, 2.75) is 31.9 Å². The molecule has 0 radical (unpaired) electrons. The highest BCUT2D eigenvalue weighted by atomic mass is 79.9. The number of nitrogens with zero attached hydrogens (tertiary/aromatic N) is 3. The number of aromatic nitrogens is 1. The summed E-state index contributed by atoms with van der Waals surface area (Å²) in [5.41, 5.74) is -0.448. The number of anilines is 1. The number of fused-ring (bicyclic) bond motifs is 1. The zero-order chi connectivity index (χ0) is 24.6. The Kier molecular flexibility index (Phi) is 9.67.